The summed E-state index contributed by atoms with van der Waals surface area (Å²) in [5.74, 6) is 1.22. The largest absolute Gasteiger partial charge is 0.331 e. The Balaban J connectivity index is 1.31. The predicted octanol–water partition coefficient (Wildman–Crippen LogP) is 1.24. The van der Waals surface area contributed by atoms with Gasteiger partial charge in [-0.1, -0.05) is 6.07 Å². The number of carbonyl (C=O) groups is 1. The van der Waals surface area contributed by atoms with Gasteiger partial charge in [0.1, 0.15) is 0 Å². The van der Waals surface area contributed by atoms with Crippen molar-refractivity contribution in [2.24, 2.45) is 13.0 Å². The molecule has 4 rings (SSSR count). The Bertz CT molecular complexity index is 884. The molecule has 25 heavy (non-hydrogen) atoms. The number of carbonyl (C=O) groups excluding carboxylic acids is 1. The number of nitrogens with zero attached hydrogens (tertiary/aromatic N) is 6. The Morgan fingerprint density at radius 2 is 2.28 bits per heavy atom. The summed E-state index contributed by atoms with van der Waals surface area (Å²) in [7, 11) is 1.92. The summed E-state index contributed by atoms with van der Waals surface area (Å²) < 4.78 is 3.70. The van der Waals surface area contributed by atoms with Crippen LogP contribution in [0, 0.1) is 5.92 Å². The Morgan fingerprint density at radius 3 is 3.12 bits per heavy atom. The second kappa shape index (κ2) is 6.54. The number of aromatic nitrogens is 5. The molecular weight excluding hydrogens is 318 g/mol. The van der Waals surface area contributed by atoms with E-state index in [1.165, 1.54) is 5.56 Å². The van der Waals surface area contributed by atoms with Crippen molar-refractivity contribution in [3.63, 3.8) is 0 Å². The molecule has 3 aromatic rings. The molecule has 1 atom stereocenters. The van der Waals surface area contributed by atoms with Crippen LogP contribution in [0.2, 0.25) is 0 Å². The second-order valence-corrected chi connectivity index (χ2v) is 6.53. The maximum atomic E-state index is 12.4. The van der Waals surface area contributed by atoms with Crippen LogP contribution in [0.3, 0.4) is 0 Å². The van der Waals surface area contributed by atoms with E-state index in [4.69, 9.17) is 0 Å². The number of hydrogen-bond donors (Lipinski definition) is 1. The van der Waals surface area contributed by atoms with E-state index in [-0.39, 0.29) is 6.03 Å². The van der Waals surface area contributed by atoms with Gasteiger partial charge >= 0.3 is 6.03 Å². The lowest BCUT2D eigenvalue weighted by molar-refractivity contribution is 0.206. The van der Waals surface area contributed by atoms with Crippen LogP contribution in [-0.2, 0) is 20.0 Å². The van der Waals surface area contributed by atoms with Gasteiger partial charge in [-0.2, -0.15) is 5.10 Å². The molecule has 1 N–H and O–H groups in total. The van der Waals surface area contributed by atoms with E-state index in [1.54, 1.807) is 0 Å². The van der Waals surface area contributed by atoms with E-state index in [9.17, 15) is 4.79 Å². The fraction of sp³-hybridized carbons (Fsp3) is 0.412. The first-order valence-corrected chi connectivity index (χ1v) is 8.48. The van der Waals surface area contributed by atoms with E-state index in [0.717, 1.165) is 37.4 Å². The first-order valence-electron chi connectivity index (χ1n) is 8.48. The summed E-state index contributed by atoms with van der Waals surface area (Å²) in [6.07, 6.45) is 7.83. The minimum Gasteiger partial charge on any atom is -0.331 e. The molecule has 0 saturated carbocycles. The summed E-state index contributed by atoms with van der Waals surface area (Å²) in [6, 6.07) is 5.69. The average molecular weight is 339 g/mol. The number of amides is 2. The summed E-state index contributed by atoms with van der Waals surface area (Å²) in [4.78, 5) is 14.3. The van der Waals surface area contributed by atoms with Crippen molar-refractivity contribution in [1.82, 2.24) is 34.6 Å². The molecule has 4 heterocycles. The van der Waals surface area contributed by atoms with Gasteiger partial charge in [0.2, 0.25) is 0 Å². The molecular formula is C17H21N7O. The number of rotatable bonds is 4. The van der Waals surface area contributed by atoms with E-state index in [1.807, 2.05) is 57.8 Å². The zero-order valence-corrected chi connectivity index (χ0v) is 14.2. The molecule has 1 aliphatic heterocycles. The lowest BCUT2D eigenvalue weighted by atomic mass is 10.0. The van der Waals surface area contributed by atoms with Crippen LogP contribution < -0.4 is 5.32 Å². The number of urea groups is 1. The highest BCUT2D eigenvalue weighted by atomic mass is 16.2. The predicted molar refractivity (Wildman–Crippen MR) is 91.8 cm³/mol. The minimum absolute atomic E-state index is 0.0404. The minimum atomic E-state index is -0.0404. The highest BCUT2D eigenvalue weighted by Gasteiger charge is 2.26. The molecule has 0 unspecified atom stereocenters. The summed E-state index contributed by atoms with van der Waals surface area (Å²) in [5, 5.41) is 15.4. The molecule has 1 aliphatic rings. The van der Waals surface area contributed by atoms with Gasteiger partial charge in [-0.3, -0.25) is 9.08 Å². The van der Waals surface area contributed by atoms with Crippen LogP contribution in [0.5, 0.6) is 0 Å². The average Bonchev–Trinajstić information content (AvgIpc) is 3.33. The number of fused-ring (bicyclic) bond motifs is 1. The fourth-order valence-corrected chi connectivity index (χ4v) is 3.37. The molecule has 0 bridgehead atoms. The Morgan fingerprint density at radius 1 is 1.36 bits per heavy atom. The molecule has 2 amide bonds. The van der Waals surface area contributed by atoms with Gasteiger partial charge in [0.15, 0.2) is 11.5 Å². The lowest BCUT2D eigenvalue weighted by Gasteiger charge is -2.17. The van der Waals surface area contributed by atoms with E-state index < -0.39 is 0 Å². The van der Waals surface area contributed by atoms with Crippen LogP contribution >= 0.6 is 0 Å². The van der Waals surface area contributed by atoms with Crippen LogP contribution in [0.4, 0.5) is 4.79 Å². The van der Waals surface area contributed by atoms with Gasteiger partial charge in [0, 0.05) is 32.5 Å². The van der Waals surface area contributed by atoms with Gasteiger partial charge < -0.3 is 10.2 Å². The fourth-order valence-electron chi connectivity index (χ4n) is 3.37. The van der Waals surface area contributed by atoms with Crippen LogP contribution in [0.25, 0.3) is 5.65 Å². The Labute approximate surface area is 145 Å². The molecule has 0 radical (unpaired) electrons. The van der Waals surface area contributed by atoms with Gasteiger partial charge in [0.05, 0.1) is 12.7 Å². The number of aryl methyl sites for hydroxylation is 1. The van der Waals surface area contributed by atoms with Crippen molar-refractivity contribution >= 4 is 11.7 Å². The summed E-state index contributed by atoms with van der Waals surface area (Å²) in [5.41, 5.74) is 2.01. The third kappa shape index (κ3) is 3.33. The van der Waals surface area contributed by atoms with Crippen molar-refractivity contribution in [3.8, 4) is 0 Å². The van der Waals surface area contributed by atoms with Gasteiger partial charge in [0.25, 0.3) is 0 Å². The van der Waals surface area contributed by atoms with Crippen molar-refractivity contribution in [2.45, 2.75) is 19.4 Å². The van der Waals surface area contributed by atoms with Gasteiger partial charge in [-0.25, -0.2) is 4.79 Å². The van der Waals surface area contributed by atoms with Crippen molar-refractivity contribution in [3.05, 3.63) is 48.2 Å². The SMILES string of the molecule is Cn1cc(C[C@H]2CCN(C(=O)NCc3nnc4ccccn34)C2)cn1. The molecule has 1 fully saturated rings. The van der Waals surface area contributed by atoms with E-state index in [0.29, 0.717) is 12.5 Å². The van der Waals surface area contributed by atoms with Gasteiger partial charge in [-0.15, -0.1) is 10.2 Å². The van der Waals surface area contributed by atoms with Crippen LogP contribution in [0.1, 0.15) is 17.8 Å². The number of hydrogen-bond acceptors (Lipinski definition) is 4. The summed E-state index contributed by atoms with van der Waals surface area (Å²) in [6.45, 7) is 1.94. The van der Waals surface area contributed by atoms with E-state index >= 15 is 0 Å². The second-order valence-electron chi connectivity index (χ2n) is 6.53. The molecule has 130 valence electrons. The molecule has 0 aliphatic carbocycles. The van der Waals surface area contributed by atoms with Crippen LogP contribution in [0.15, 0.2) is 36.8 Å². The van der Waals surface area contributed by atoms with Gasteiger partial charge in [-0.05, 0) is 36.5 Å². The molecule has 1 saturated heterocycles. The first-order chi connectivity index (χ1) is 12.2. The molecule has 3 aromatic heterocycles. The zero-order chi connectivity index (χ0) is 17.2. The maximum absolute atomic E-state index is 12.4. The molecule has 0 spiro atoms. The third-order valence-corrected chi connectivity index (χ3v) is 4.64. The molecule has 0 aromatic carbocycles. The van der Waals surface area contributed by atoms with Crippen LogP contribution in [-0.4, -0.2) is 48.4 Å². The first kappa shape index (κ1) is 15.6. The Kier molecular flexibility index (Phi) is 4.09. The molecule has 8 nitrogen and oxygen atoms in total. The van der Waals surface area contributed by atoms with E-state index in [2.05, 4.69) is 20.6 Å². The highest BCUT2D eigenvalue weighted by molar-refractivity contribution is 5.74. The third-order valence-electron chi connectivity index (χ3n) is 4.64. The Hall–Kier alpha value is -2.90. The quantitative estimate of drug-likeness (QED) is 0.775. The maximum Gasteiger partial charge on any atom is 0.317 e. The monoisotopic (exact) mass is 339 g/mol. The number of nitrogens with one attached hydrogen (secondary N) is 1. The number of likely N-dealkylation sites (tertiary alicyclic amines) is 1. The van der Waals surface area contributed by atoms with Crippen molar-refractivity contribution in [2.75, 3.05) is 13.1 Å². The topological polar surface area (TPSA) is 80.4 Å². The zero-order valence-electron chi connectivity index (χ0n) is 14.2. The van der Waals surface area contributed by atoms with Crippen molar-refractivity contribution < 1.29 is 4.79 Å². The number of pyridine rings is 1. The summed E-state index contributed by atoms with van der Waals surface area (Å²) >= 11 is 0. The lowest BCUT2D eigenvalue weighted by Crippen LogP contribution is -2.38. The molecule has 8 heteroatoms. The normalized spacial score (nSPS) is 17.3. The smallest absolute Gasteiger partial charge is 0.317 e. The standard InChI is InChI=1S/C17H21N7O/c1-22-11-14(9-19-22)8-13-5-7-23(12-13)17(25)18-10-16-21-20-15-4-2-3-6-24(15)16/h2-4,6,9,11,13H,5,7-8,10,12H2,1H3,(H,18,25)/t13-/m1/s1. The highest BCUT2D eigenvalue weighted by Crippen LogP contribution is 2.20. The van der Waals surface area contributed by atoms with Crippen molar-refractivity contribution in [1.29, 1.82) is 0 Å².